The predicted octanol–water partition coefficient (Wildman–Crippen LogP) is 2.13. The molecule has 0 atom stereocenters. The van der Waals surface area contributed by atoms with Gasteiger partial charge in [-0.1, -0.05) is 6.07 Å². The SMILES string of the molecule is COc1ccc(OC)c(/C=N\NC(=O)Cc2ccc3c(c2)OCO3)c1. The van der Waals surface area contributed by atoms with E-state index in [-0.39, 0.29) is 19.1 Å². The first kappa shape index (κ1) is 16.6. The molecule has 1 amide bonds. The van der Waals surface area contributed by atoms with E-state index in [1.807, 2.05) is 6.07 Å². The Morgan fingerprint density at radius 2 is 2.00 bits per heavy atom. The number of hydrogen-bond acceptors (Lipinski definition) is 6. The van der Waals surface area contributed by atoms with Crippen molar-refractivity contribution in [2.75, 3.05) is 21.0 Å². The molecule has 0 saturated carbocycles. The van der Waals surface area contributed by atoms with E-state index in [0.717, 1.165) is 5.56 Å². The number of hydrazone groups is 1. The van der Waals surface area contributed by atoms with Crippen LogP contribution in [-0.4, -0.2) is 33.1 Å². The van der Waals surface area contributed by atoms with E-state index in [1.54, 1.807) is 44.6 Å². The Morgan fingerprint density at radius 1 is 1.16 bits per heavy atom. The lowest BCUT2D eigenvalue weighted by Crippen LogP contribution is -2.19. The fourth-order valence-corrected chi connectivity index (χ4v) is 2.39. The van der Waals surface area contributed by atoms with Gasteiger partial charge in [0, 0.05) is 5.56 Å². The lowest BCUT2D eigenvalue weighted by atomic mass is 10.1. The summed E-state index contributed by atoms with van der Waals surface area (Å²) in [6.45, 7) is 0.206. The number of carbonyl (C=O) groups is 1. The van der Waals surface area contributed by atoms with Crippen molar-refractivity contribution in [3.8, 4) is 23.0 Å². The first-order valence-electron chi connectivity index (χ1n) is 7.62. The van der Waals surface area contributed by atoms with E-state index in [4.69, 9.17) is 18.9 Å². The minimum atomic E-state index is -0.239. The van der Waals surface area contributed by atoms with Gasteiger partial charge in [0.15, 0.2) is 11.5 Å². The first-order chi connectivity index (χ1) is 12.2. The van der Waals surface area contributed by atoms with Gasteiger partial charge in [-0.25, -0.2) is 5.43 Å². The van der Waals surface area contributed by atoms with Gasteiger partial charge in [-0.3, -0.25) is 4.79 Å². The molecule has 1 aliphatic rings. The number of rotatable bonds is 6. The van der Waals surface area contributed by atoms with Crippen LogP contribution in [-0.2, 0) is 11.2 Å². The molecule has 2 aromatic carbocycles. The molecule has 1 N–H and O–H groups in total. The molecule has 3 rings (SSSR count). The zero-order chi connectivity index (χ0) is 17.6. The third-order valence-corrected chi connectivity index (χ3v) is 3.63. The van der Waals surface area contributed by atoms with Gasteiger partial charge in [0.1, 0.15) is 11.5 Å². The van der Waals surface area contributed by atoms with Crippen molar-refractivity contribution >= 4 is 12.1 Å². The summed E-state index contributed by atoms with van der Waals surface area (Å²) in [5.41, 5.74) is 4.01. The van der Waals surface area contributed by atoms with Crippen molar-refractivity contribution in [2.24, 2.45) is 5.10 Å². The maximum Gasteiger partial charge on any atom is 0.244 e. The van der Waals surface area contributed by atoms with Crippen molar-refractivity contribution in [3.05, 3.63) is 47.5 Å². The maximum absolute atomic E-state index is 12.0. The molecule has 7 heteroatoms. The van der Waals surface area contributed by atoms with Gasteiger partial charge in [-0.05, 0) is 35.9 Å². The number of fused-ring (bicyclic) bond motifs is 1. The van der Waals surface area contributed by atoms with Gasteiger partial charge in [0.05, 0.1) is 26.9 Å². The highest BCUT2D eigenvalue weighted by Gasteiger charge is 2.14. The molecule has 1 aliphatic heterocycles. The van der Waals surface area contributed by atoms with Gasteiger partial charge >= 0.3 is 0 Å². The molecular weight excluding hydrogens is 324 g/mol. The fraction of sp³-hybridized carbons (Fsp3) is 0.222. The molecule has 0 spiro atoms. The van der Waals surface area contributed by atoms with Gasteiger partial charge in [0.2, 0.25) is 12.7 Å². The van der Waals surface area contributed by atoms with Gasteiger partial charge in [0.25, 0.3) is 0 Å². The van der Waals surface area contributed by atoms with Crippen LogP contribution in [0.5, 0.6) is 23.0 Å². The van der Waals surface area contributed by atoms with E-state index in [1.165, 1.54) is 6.21 Å². The molecule has 0 unspecified atom stereocenters. The van der Waals surface area contributed by atoms with Crippen LogP contribution < -0.4 is 24.4 Å². The molecule has 0 saturated heterocycles. The maximum atomic E-state index is 12.0. The zero-order valence-electron chi connectivity index (χ0n) is 13.9. The van der Waals surface area contributed by atoms with Crippen LogP contribution in [0.1, 0.15) is 11.1 Å². The quantitative estimate of drug-likeness (QED) is 0.643. The second kappa shape index (κ2) is 7.57. The monoisotopic (exact) mass is 342 g/mol. The van der Waals surface area contributed by atoms with E-state index < -0.39 is 0 Å². The number of hydrogen-bond donors (Lipinski definition) is 1. The third-order valence-electron chi connectivity index (χ3n) is 3.63. The Hall–Kier alpha value is -3.22. The summed E-state index contributed by atoms with van der Waals surface area (Å²) in [6.07, 6.45) is 1.70. The van der Waals surface area contributed by atoms with Crippen LogP contribution >= 0.6 is 0 Å². The zero-order valence-corrected chi connectivity index (χ0v) is 13.9. The summed E-state index contributed by atoms with van der Waals surface area (Å²) in [5, 5.41) is 3.98. The molecule has 0 aliphatic carbocycles. The van der Waals surface area contributed by atoms with E-state index >= 15 is 0 Å². The van der Waals surface area contributed by atoms with Crippen molar-refractivity contribution in [1.82, 2.24) is 5.43 Å². The number of amides is 1. The molecule has 0 fully saturated rings. The Morgan fingerprint density at radius 3 is 2.80 bits per heavy atom. The highest BCUT2D eigenvalue weighted by molar-refractivity contribution is 5.86. The number of benzene rings is 2. The molecule has 7 nitrogen and oxygen atoms in total. The van der Waals surface area contributed by atoms with E-state index in [2.05, 4.69) is 10.5 Å². The average molecular weight is 342 g/mol. The summed E-state index contributed by atoms with van der Waals surface area (Å²) in [7, 11) is 3.15. The number of methoxy groups -OCH3 is 2. The molecule has 130 valence electrons. The summed E-state index contributed by atoms with van der Waals surface area (Å²) in [4.78, 5) is 12.0. The first-order valence-corrected chi connectivity index (χ1v) is 7.62. The summed E-state index contributed by atoms with van der Waals surface area (Å²) >= 11 is 0. The molecule has 0 aromatic heterocycles. The van der Waals surface area contributed by atoms with Crippen LogP contribution in [0.4, 0.5) is 0 Å². The topological polar surface area (TPSA) is 78.4 Å². The van der Waals surface area contributed by atoms with Crippen molar-refractivity contribution in [2.45, 2.75) is 6.42 Å². The van der Waals surface area contributed by atoms with Gasteiger partial charge in [-0.2, -0.15) is 5.10 Å². The molecule has 0 radical (unpaired) electrons. The Kier molecular flexibility index (Phi) is 5.03. The smallest absolute Gasteiger partial charge is 0.244 e. The molecular formula is C18H18N2O5. The number of nitrogens with zero attached hydrogens (tertiary/aromatic N) is 1. The van der Waals surface area contributed by atoms with Crippen LogP contribution in [0, 0.1) is 0 Å². The van der Waals surface area contributed by atoms with Crippen molar-refractivity contribution in [3.63, 3.8) is 0 Å². The third kappa shape index (κ3) is 4.00. The van der Waals surface area contributed by atoms with Gasteiger partial charge < -0.3 is 18.9 Å². The fourth-order valence-electron chi connectivity index (χ4n) is 2.39. The largest absolute Gasteiger partial charge is 0.497 e. The second-order valence-electron chi connectivity index (χ2n) is 5.27. The molecule has 1 heterocycles. The summed E-state index contributed by atoms with van der Waals surface area (Å²) < 4.78 is 21.0. The molecule has 2 aromatic rings. The standard InChI is InChI=1S/C18H18N2O5/c1-22-14-4-6-15(23-2)13(9-14)10-19-20-18(21)8-12-3-5-16-17(7-12)25-11-24-16/h3-7,9-10H,8,11H2,1-2H3,(H,20,21)/b19-10-. The Bertz CT molecular complexity index is 804. The van der Waals surface area contributed by atoms with Crippen LogP contribution in [0.2, 0.25) is 0 Å². The van der Waals surface area contributed by atoms with Crippen LogP contribution in [0.25, 0.3) is 0 Å². The van der Waals surface area contributed by atoms with Gasteiger partial charge in [-0.15, -0.1) is 0 Å². The lowest BCUT2D eigenvalue weighted by Gasteiger charge is -2.07. The second-order valence-corrected chi connectivity index (χ2v) is 5.27. The Labute approximate surface area is 145 Å². The van der Waals surface area contributed by atoms with Crippen LogP contribution in [0.3, 0.4) is 0 Å². The average Bonchev–Trinajstić information content (AvgIpc) is 3.09. The number of nitrogens with one attached hydrogen (secondary N) is 1. The minimum Gasteiger partial charge on any atom is -0.497 e. The van der Waals surface area contributed by atoms with E-state index in [9.17, 15) is 4.79 Å². The number of carbonyl (C=O) groups excluding carboxylic acids is 1. The highest BCUT2D eigenvalue weighted by atomic mass is 16.7. The summed E-state index contributed by atoms with van der Waals surface area (Å²) in [6, 6.07) is 10.7. The van der Waals surface area contributed by atoms with E-state index in [0.29, 0.717) is 28.6 Å². The van der Waals surface area contributed by atoms with Crippen LogP contribution in [0.15, 0.2) is 41.5 Å². The normalized spacial score (nSPS) is 12.2. The van der Waals surface area contributed by atoms with Crippen molar-refractivity contribution < 1.29 is 23.7 Å². The molecule has 25 heavy (non-hydrogen) atoms. The highest BCUT2D eigenvalue weighted by Crippen LogP contribution is 2.32. The predicted molar refractivity (Wildman–Crippen MR) is 91.6 cm³/mol. The van der Waals surface area contributed by atoms with Crippen molar-refractivity contribution in [1.29, 1.82) is 0 Å². The minimum absolute atomic E-state index is 0.184. The summed E-state index contributed by atoms with van der Waals surface area (Å²) in [5.74, 6) is 2.41. The lowest BCUT2D eigenvalue weighted by molar-refractivity contribution is -0.120. The Balaban J connectivity index is 1.61. The molecule has 0 bridgehead atoms. The number of ether oxygens (including phenoxy) is 4.